The van der Waals surface area contributed by atoms with Crippen molar-refractivity contribution in [3.05, 3.63) is 0 Å². The quantitative estimate of drug-likeness (QED) is 0.673. The number of piperidine rings is 1. The Balaban J connectivity index is 2.35. The molecule has 1 rings (SSSR count). The van der Waals surface area contributed by atoms with Crippen molar-refractivity contribution in [1.29, 1.82) is 0 Å². The Kier molecular flexibility index (Phi) is 6.60. The van der Waals surface area contributed by atoms with Crippen LogP contribution in [0.25, 0.3) is 0 Å². The first-order chi connectivity index (χ1) is 9.69. The molecule has 0 radical (unpaired) electrons. The van der Waals surface area contributed by atoms with Crippen LogP contribution < -0.4 is 5.73 Å². The summed E-state index contributed by atoms with van der Waals surface area (Å²) in [5, 5.41) is 8.65. The Hall–Kier alpha value is -1.15. The molecule has 1 atom stereocenters. The van der Waals surface area contributed by atoms with Gasteiger partial charge in [0.1, 0.15) is 9.84 Å². The largest absolute Gasteiger partial charge is 0.481 e. The molecule has 0 aromatic rings. The molecular weight excluding hydrogens is 296 g/mol. The minimum absolute atomic E-state index is 0.0883. The highest BCUT2D eigenvalue weighted by Crippen LogP contribution is 2.22. The third-order valence-corrected chi connectivity index (χ3v) is 4.79. The van der Waals surface area contributed by atoms with Gasteiger partial charge in [-0.1, -0.05) is 0 Å². The topological polar surface area (TPSA) is 118 Å². The number of likely N-dealkylation sites (tertiary alicyclic amines) is 1. The third-order valence-electron chi connectivity index (χ3n) is 3.81. The lowest BCUT2D eigenvalue weighted by atomic mass is 9.92. The summed E-state index contributed by atoms with van der Waals surface area (Å²) in [4.78, 5) is 24.3. The minimum atomic E-state index is -3.11. The standard InChI is InChI=1S/C13H24N2O5S/c1-21(19,20)9-6-11(14)13(18)15-7-4-10(5-8-15)2-3-12(16)17/h10-11H,2-9,14H2,1H3,(H,16,17). The van der Waals surface area contributed by atoms with Gasteiger partial charge in [0.2, 0.25) is 5.91 Å². The molecule has 21 heavy (non-hydrogen) atoms. The number of carbonyl (C=O) groups is 2. The van der Waals surface area contributed by atoms with Gasteiger partial charge in [0.15, 0.2) is 0 Å². The maximum Gasteiger partial charge on any atom is 0.303 e. The number of hydrogen-bond acceptors (Lipinski definition) is 5. The van der Waals surface area contributed by atoms with E-state index in [0.717, 1.165) is 19.1 Å². The molecule has 7 nitrogen and oxygen atoms in total. The number of amides is 1. The summed E-state index contributed by atoms with van der Waals surface area (Å²) in [5.41, 5.74) is 5.75. The second kappa shape index (κ2) is 7.74. The van der Waals surface area contributed by atoms with Gasteiger partial charge in [-0.2, -0.15) is 0 Å². The molecular formula is C13H24N2O5S. The van der Waals surface area contributed by atoms with E-state index in [4.69, 9.17) is 10.8 Å². The van der Waals surface area contributed by atoms with Crippen LogP contribution in [0.1, 0.15) is 32.1 Å². The van der Waals surface area contributed by atoms with E-state index in [9.17, 15) is 18.0 Å². The second-order valence-electron chi connectivity index (χ2n) is 5.73. The van der Waals surface area contributed by atoms with Crippen LogP contribution in [0.2, 0.25) is 0 Å². The van der Waals surface area contributed by atoms with E-state index in [2.05, 4.69) is 0 Å². The van der Waals surface area contributed by atoms with Crippen molar-refractivity contribution in [1.82, 2.24) is 4.90 Å². The molecule has 1 saturated heterocycles. The fraction of sp³-hybridized carbons (Fsp3) is 0.846. The van der Waals surface area contributed by atoms with Gasteiger partial charge < -0.3 is 15.7 Å². The Morgan fingerprint density at radius 2 is 1.90 bits per heavy atom. The number of aliphatic carboxylic acids is 1. The van der Waals surface area contributed by atoms with Gasteiger partial charge in [0.05, 0.1) is 11.8 Å². The normalized spacial score (nSPS) is 18.5. The van der Waals surface area contributed by atoms with E-state index in [1.807, 2.05) is 0 Å². The van der Waals surface area contributed by atoms with Gasteiger partial charge in [-0.3, -0.25) is 9.59 Å². The first kappa shape index (κ1) is 17.9. The number of hydrogen-bond donors (Lipinski definition) is 2. The summed E-state index contributed by atoms with van der Waals surface area (Å²) < 4.78 is 22.2. The summed E-state index contributed by atoms with van der Waals surface area (Å²) in [6.07, 6.45) is 3.61. The molecule has 0 aromatic carbocycles. The molecule has 0 bridgehead atoms. The van der Waals surface area contributed by atoms with Crippen LogP contribution in [-0.4, -0.2) is 61.4 Å². The van der Waals surface area contributed by atoms with Crippen molar-refractivity contribution < 1.29 is 23.1 Å². The number of carboxylic acid groups (broad SMARTS) is 1. The van der Waals surface area contributed by atoms with Crippen LogP contribution in [0.4, 0.5) is 0 Å². The second-order valence-corrected chi connectivity index (χ2v) is 7.99. The maximum atomic E-state index is 12.1. The highest BCUT2D eigenvalue weighted by molar-refractivity contribution is 7.90. The zero-order chi connectivity index (χ0) is 16.0. The third kappa shape index (κ3) is 6.90. The van der Waals surface area contributed by atoms with E-state index in [-0.39, 0.29) is 24.5 Å². The number of carbonyl (C=O) groups excluding carboxylic acids is 1. The number of rotatable bonds is 7. The molecule has 0 spiro atoms. The molecule has 1 heterocycles. The van der Waals surface area contributed by atoms with E-state index in [1.165, 1.54) is 0 Å². The average Bonchev–Trinajstić information content (AvgIpc) is 2.41. The van der Waals surface area contributed by atoms with Gasteiger partial charge in [0.25, 0.3) is 0 Å². The monoisotopic (exact) mass is 320 g/mol. The molecule has 1 unspecified atom stereocenters. The van der Waals surface area contributed by atoms with Crippen molar-refractivity contribution in [2.24, 2.45) is 11.7 Å². The molecule has 1 fully saturated rings. The van der Waals surface area contributed by atoms with Crippen molar-refractivity contribution in [3.63, 3.8) is 0 Å². The van der Waals surface area contributed by atoms with Crippen molar-refractivity contribution in [2.75, 3.05) is 25.1 Å². The van der Waals surface area contributed by atoms with E-state index in [0.29, 0.717) is 25.4 Å². The minimum Gasteiger partial charge on any atom is -0.481 e. The first-order valence-corrected chi connectivity index (χ1v) is 9.19. The number of nitrogens with two attached hydrogens (primary N) is 1. The SMILES string of the molecule is CS(=O)(=O)CCC(N)C(=O)N1CCC(CCC(=O)O)CC1. The van der Waals surface area contributed by atoms with Crippen LogP contribution in [0, 0.1) is 5.92 Å². The lowest BCUT2D eigenvalue weighted by Gasteiger charge is -2.33. The fourth-order valence-corrected chi connectivity index (χ4v) is 3.15. The van der Waals surface area contributed by atoms with Gasteiger partial charge in [0, 0.05) is 25.8 Å². The van der Waals surface area contributed by atoms with E-state index >= 15 is 0 Å². The summed E-state index contributed by atoms with van der Waals surface area (Å²) >= 11 is 0. The first-order valence-electron chi connectivity index (χ1n) is 7.13. The van der Waals surface area contributed by atoms with E-state index in [1.54, 1.807) is 4.90 Å². The molecule has 1 aliphatic rings. The number of carboxylic acids is 1. The van der Waals surface area contributed by atoms with Crippen molar-refractivity contribution in [2.45, 2.75) is 38.1 Å². The molecule has 3 N–H and O–H groups in total. The highest BCUT2D eigenvalue weighted by Gasteiger charge is 2.26. The Morgan fingerprint density at radius 3 is 2.38 bits per heavy atom. The maximum absolute atomic E-state index is 12.1. The average molecular weight is 320 g/mol. The lowest BCUT2D eigenvalue weighted by Crippen LogP contribution is -2.47. The Labute approximate surface area is 125 Å². The molecule has 1 amide bonds. The van der Waals surface area contributed by atoms with Crippen molar-refractivity contribution in [3.8, 4) is 0 Å². The zero-order valence-electron chi connectivity index (χ0n) is 12.3. The Bertz CT molecular complexity index is 469. The molecule has 0 aliphatic carbocycles. The van der Waals surface area contributed by atoms with Crippen molar-refractivity contribution >= 4 is 21.7 Å². The van der Waals surface area contributed by atoms with Crippen LogP contribution in [0.15, 0.2) is 0 Å². The zero-order valence-corrected chi connectivity index (χ0v) is 13.1. The fourth-order valence-electron chi connectivity index (χ4n) is 2.47. The smallest absolute Gasteiger partial charge is 0.303 e. The Morgan fingerprint density at radius 1 is 1.33 bits per heavy atom. The summed E-state index contributed by atoms with van der Waals surface area (Å²) in [6.45, 7) is 1.13. The van der Waals surface area contributed by atoms with Crippen LogP contribution in [-0.2, 0) is 19.4 Å². The number of sulfone groups is 1. The van der Waals surface area contributed by atoms with Crippen LogP contribution in [0.3, 0.4) is 0 Å². The summed E-state index contributed by atoms with van der Waals surface area (Å²) in [5.74, 6) is -0.765. The highest BCUT2D eigenvalue weighted by atomic mass is 32.2. The molecule has 1 aliphatic heterocycles. The van der Waals surface area contributed by atoms with Gasteiger partial charge in [-0.25, -0.2) is 8.42 Å². The van der Waals surface area contributed by atoms with Crippen LogP contribution >= 0.6 is 0 Å². The predicted octanol–water partition coefficient (Wildman–Crippen LogP) is -0.148. The van der Waals surface area contributed by atoms with Gasteiger partial charge in [-0.15, -0.1) is 0 Å². The lowest BCUT2D eigenvalue weighted by molar-refractivity contribution is -0.138. The predicted molar refractivity (Wildman–Crippen MR) is 78.5 cm³/mol. The van der Waals surface area contributed by atoms with Crippen LogP contribution in [0.5, 0.6) is 0 Å². The van der Waals surface area contributed by atoms with E-state index < -0.39 is 21.8 Å². The molecule has 0 aromatic heterocycles. The van der Waals surface area contributed by atoms with Gasteiger partial charge in [-0.05, 0) is 31.6 Å². The molecule has 0 saturated carbocycles. The summed E-state index contributed by atoms with van der Waals surface area (Å²) in [6, 6.07) is -0.782. The van der Waals surface area contributed by atoms with Gasteiger partial charge >= 0.3 is 5.97 Å². The number of nitrogens with zero attached hydrogens (tertiary/aromatic N) is 1. The molecule has 8 heteroatoms. The summed E-state index contributed by atoms with van der Waals surface area (Å²) in [7, 11) is -3.11. The molecule has 122 valence electrons.